The zero-order chi connectivity index (χ0) is 0. The third-order valence-electron chi connectivity index (χ3n) is 0. The molecule has 0 spiro atoms. The van der Waals surface area contributed by atoms with Crippen LogP contribution in [-0.4, -0.2) is 17.4 Å². The summed E-state index contributed by atoms with van der Waals surface area (Å²) in [4.78, 5) is 0. The van der Waals surface area contributed by atoms with E-state index < -0.39 is 0 Å². The van der Waals surface area contributed by atoms with Crippen molar-refractivity contribution in [3.63, 3.8) is 0 Å². The van der Waals surface area contributed by atoms with Crippen molar-refractivity contribution in [3.05, 3.63) is 0 Å². The van der Waals surface area contributed by atoms with Crippen molar-refractivity contribution in [3.8, 4) is 0 Å². The first-order chi connectivity index (χ1) is 0. The van der Waals surface area contributed by atoms with Crippen molar-refractivity contribution in [2.45, 2.75) is 0 Å². The van der Waals surface area contributed by atoms with Gasteiger partial charge in [-0.25, -0.2) is 0 Å². The van der Waals surface area contributed by atoms with Crippen LogP contribution in [0.3, 0.4) is 0 Å². The van der Waals surface area contributed by atoms with Gasteiger partial charge in [-0.05, 0) is 0 Å². The Labute approximate surface area is 111 Å². The SMILES string of the molecule is [Al+3].[La+3].[Na+].[O-2].[Zr+4]. The van der Waals surface area contributed by atoms with Gasteiger partial charge in [0.05, 0.1) is 0 Å². The molecular weight excluding hydrogens is 296 g/mol. The second-order valence-electron chi connectivity index (χ2n) is 0. The summed E-state index contributed by atoms with van der Waals surface area (Å²) in [5, 5.41) is 0. The third-order valence-corrected chi connectivity index (χ3v) is 0. The molecule has 0 saturated carbocycles. The maximum atomic E-state index is 0. The molecule has 8 valence electrons. The number of hydrogen-bond acceptors (Lipinski definition) is 0. The molecule has 0 aromatic carbocycles. The standard InChI is InChI=1S/Al.La.Na.O.Zr/q2*+3;+1;-2;+4. The minimum absolute atomic E-state index is 0. The minimum atomic E-state index is 0. The molecule has 0 aromatic rings. The molecule has 0 amide bonds. The van der Waals surface area contributed by atoms with Gasteiger partial charge in [0.15, 0.2) is 0 Å². The van der Waals surface area contributed by atoms with E-state index in [2.05, 4.69) is 0 Å². The Hall–Kier alpha value is 3.57. The van der Waals surface area contributed by atoms with Crippen LogP contribution < -0.4 is 29.6 Å². The molecule has 0 heterocycles. The number of rotatable bonds is 0. The largest absolute Gasteiger partial charge is 4.00 e. The van der Waals surface area contributed by atoms with Crippen LogP contribution >= 0.6 is 0 Å². The molecule has 0 N–H and O–H groups in total. The second kappa shape index (κ2) is 25.6. The van der Waals surface area contributed by atoms with Gasteiger partial charge >= 0.3 is 109 Å². The fraction of sp³-hybridized carbons (Fsp3) is 0. The van der Waals surface area contributed by atoms with E-state index in [9.17, 15) is 0 Å². The van der Waals surface area contributed by atoms with E-state index in [-0.39, 0.29) is 114 Å². The quantitative estimate of drug-likeness (QED) is 0.415. The predicted molar refractivity (Wildman–Crippen MR) is 6.44 cm³/mol. The molecule has 0 aromatic heterocycles. The monoisotopic (exact) mass is 295 g/mol. The van der Waals surface area contributed by atoms with Crippen LogP contribution in [0, 0.1) is 35.6 Å². The molecule has 0 aliphatic carbocycles. The maximum Gasteiger partial charge on any atom is 4.00 e. The van der Waals surface area contributed by atoms with Gasteiger partial charge in [0.2, 0.25) is 0 Å². The molecule has 1 nitrogen and oxygen atoms in total. The van der Waals surface area contributed by atoms with Crippen LogP contribution in [0.2, 0.25) is 0 Å². The second-order valence-corrected chi connectivity index (χ2v) is 0. The fourth-order valence-corrected chi connectivity index (χ4v) is 0. The Bertz CT molecular complexity index is 11.6. The molecule has 0 saturated heterocycles. The first-order valence-electron chi connectivity index (χ1n) is 0. The average molecular weight is 296 g/mol. The van der Waals surface area contributed by atoms with Crippen molar-refractivity contribution in [1.82, 2.24) is 0 Å². The summed E-state index contributed by atoms with van der Waals surface area (Å²) in [5.74, 6) is 0. The summed E-state index contributed by atoms with van der Waals surface area (Å²) in [7, 11) is 0. The van der Waals surface area contributed by atoms with E-state index in [4.69, 9.17) is 0 Å². The van der Waals surface area contributed by atoms with Crippen molar-refractivity contribution in [2.75, 3.05) is 0 Å². The predicted octanol–water partition coefficient (Wildman–Crippen LogP) is -3.50. The molecule has 5 heteroatoms. The van der Waals surface area contributed by atoms with Gasteiger partial charge in [-0.2, -0.15) is 0 Å². The molecule has 0 unspecified atom stereocenters. The fourth-order valence-electron chi connectivity index (χ4n) is 0. The van der Waals surface area contributed by atoms with Crippen LogP contribution in [-0.2, 0) is 31.7 Å². The topological polar surface area (TPSA) is 28.5 Å². The number of hydrogen-bond donors (Lipinski definition) is 0. The first-order valence-corrected chi connectivity index (χ1v) is 0. The van der Waals surface area contributed by atoms with Gasteiger partial charge in [-0.3, -0.25) is 0 Å². The van der Waals surface area contributed by atoms with E-state index in [0.29, 0.717) is 0 Å². The Morgan fingerprint density at radius 2 is 1.00 bits per heavy atom. The summed E-state index contributed by atoms with van der Waals surface area (Å²) in [6.07, 6.45) is 0. The summed E-state index contributed by atoms with van der Waals surface area (Å²) < 4.78 is 0. The first kappa shape index (κ1) is 38.5. The van der Waals surface area contributed by atoms with Gasteiger partial charge in [0.25, 0.3) is 0 Å². The van der Waals surface area contributed by atoms with E-state index in [1.54, 1.807) is 0 Å². The molecule has 0 rings (SSSR count). The van der Waals surface area contributed by atoms with Crippen LogP contribution in [0.25, 0.3) is 0 Å². The Kier molecular flexibility index (Phi) is 198. The van der Waals surface area contributed by atoms with E-state index in [0.717, 1.165) is 0 Å². The van der Waals surface area contributed by atoms with Crippen LogP contribution in [0.15, 0.2) is 0 Å². The summed E-state index contributed by atoms with van der Waals surface area (Å²) in [5.41, 5.74) is 0. The zero-order valence-corrected chi connectivity index (χ0v) is 12.3. The molecule has 0 aliphatic rings. The van der Waals surface area contributed by atoms with Crippen molar-refractivity contribution in [1.29, 1.82) is 0 Å². The summed E-state index contributed by atoms with van der Waals surface area (Å²) in [6, 6.07) is 0. The van der Waals surface area contributed by atoms with E-state index in [1.807, 2.05) is 0 Å². The molecule has 0 aliphatic heterocycles. The van der Waals surface area contributed by atoms with Gasteiger partial charge in [0, 0.05) is 0 Å². The van der Waals surface area contributed by atoms with Crippen LogP contribution in [0.1, 0.15) is 0 Å². The van der Waals surface area contributed by atoms with Gasteiger partial charge < -0.3 is 5.48 Å². The smallest absolute Gasteiger partial charge is 2.00 e. The van der Waals surface area contributed by atoms with E-state index >= 15 is 0 Å². The van der Waals surface area contributed by atoms with Crippen molar-refractivity contribution in [2.24, 2.45) is 0 Å². The Balaban J connectivity index is 0. The summed E-state index contributed by atoms with van der Waals surface area (Å²) in [6.45, 7) is 0. The molecule has 0 bridgehead atoms. The normalized spacial score (nSPS) is 0. The minimum Gasteiger partial charge on any atom is -2.00 e. The van der Waals surface area contributed by atoms with E-state index in [1.165, 1.54) is 0 Å². The van der Waals surface area contributed by atoms with Gasteiger partial charge in [-0.15, -0.1) is 0 Å². The molecule has 5 heavy (non-hydrogen) atoms. The molecule has 0 fully saturated rings. The zero-order valence-electron chi connectivity index (χ0n) is 3.06. The van der Waals surface area contributed by atoms with Gasteiger partial charge in [-0.1, -0.05) is 0 Å². The van der Waals surface area contributed by atoms with Gasteiger partial charge in [0.1, 0.15) is 0 Å². The Morgan fingerprint density at radius 3 is 1.00 bits per heavy atom. The van der Waals surface area contributed by atoms with Crippen molar-refractivity contribution >= 4 is 17.4 Å². The molecule has 0 radical (unpaired) electrons. The van der Waals surface area contributed by atoms with Crippen LogP contribution in [0.5, 0.6) is 0 Å². The summed E-state index contributed by atoms with van der Waals surface area (Å²) >= 11 is 0. The van der Waals surface area contributed by atoms with Crippen LogP contribution in [0.4, 0.5) is 0 Å². The molecule has 0 atom stereocenters. The average Bonchev–Trinajstić information content (AvgIpc) is 0. The Morgan fingerprint density at radius 1 is 1.00 bits per heavy atom. The van der Waals surface area contributed by atoms with Crippen molar-refractivity contribution < 1.29 is 96.8 Å². The maximum absolute atomic E-state index is 0. The molecular formula is AlLaNaOZr+9. The third kappa shape index (κ3) is 18.4.